The molecular formula is C19H36O. The van der Waals surface area contributed by atoms with Gasteiger partial charge in [-0.1, -0.05) is 96.6 Å². The first-order valence-corrected chi connectivity index (χ1v) is 8.78. The van der Waals surface area contributed by atoms with Crippen LogP contribution in [0.3, 0.4) is 0 Å². The van der Waals surface area contributed by atoms with Crippen LogP contribution in [0.2, 0.25) is 0 Å². The molecule has 0 saturated heterocycles. The summed E-state index contributed by atoms with van der Waals surface area (Å²) in [4.78, 5) is 0. The first kappa shape index (κ1) is 19.3. The number of allylic oxidation sites excluding steroid dienone is 3. The van der Waals surface area contributed by atoms with Crippen LogP contribution in [0.4, 0.5) is 0 Å². The molecule has 1 nitrogen and oxygen atoms in total. The molecule has 0 aromatic carbocycles. The van der Waals surface area contributed by atoms with E-state index in [0.29, 0.717) is 5.92 Å². The number of rotatable bonds is 14. The highest BCUT2D eigenvalue weighted by Gasteiger charge is 1.97. The van der Waals surface area contributed by atoms with Crippen LogP contribution >= 0.6 is 0 Å². The van der Waals surface area contributed by atoms with Crippen molar-refractivity contribution in [2.24, 2.45) is 5.92 Å². The van der Waals surface area contributed by atoms with Gasteiger partial charge in [-0.25, -0.2) is 0 Å². The normalized spacial score (nSPS) is 13.5. The molecular weight excluding hydrogens is 244 g/mol. The topological polar surface area (TPSA) is 20.2 Å². The molecule has 0 bridgehead atoms. The van der Waals surface area contributed by atoms with Gasteiger partial charge in [-0.05, 0) is 18.4 Å². The average Bonchev–Trinajstić information content (AvgIpc) is 2.45. The van der Waals surface area contributed by atoms with Crippen molar-refractivity contribution in [2.75, 3.05) is 0 Å². The van der Waals surface area contributed by atoms with Crippen molar-refractivity contribution in [1.82, 2.24) is 0 Å². The van der Waals surface area contributed by atoms with E-state index in [0.717, 1.165) is 6.26 Å². The van der Waals surface area contributed by atoms with E-state index in [2.05, 4.69) is 19.9 Å². The molecule has 0 heterocycles. The van der Waals surface area contributed by atoms with Gasteiger partial charge in [0.25, 0.3) is 0 Å². The fraction of sp³-hybridized carbons (Fsp3) is 0.789. The highest BCUT2D eigenvalue weighted by molar-refractivity contribution is 5.00. The van der Waals surface area contributed by atoms with E-state index in [1.54, 1.807) is 6.08 Å². The van der Waals surface area contributed by atoms with Gasteiger partial charge in [0.1, 0.15) is 0 Å². The summed E-state index contributed by atoms with van der Waals surface area (Å²) < 4.78 is 0. The Balaban J connectivity index is 3.16. The largest absolute Gasteiger partial charge is 0.516 e. The fourth-order valence-electron chi connectivity index (χ4n) is 2.53. The Morgan fingerprint density at radius 2 is 1.25 bits per heavy atom. The quantitative estimate of drug-likeness (QED) is 0.207. The van der Waals surface area contributed by atoms with Crippen LogP contribution < -0.4 is 0 Å². The summed E-state index contributed by atoms with van der Waals surface area (Å²) in [6.07, 6.45) is 23.7. The second-order valence-corrected chi connectivity index (χ2v) is 6.03. The lowest BCUT2D eigenvalue weighted by atomic mass is 10.0. The second-order valence-electron chi connectivity index (χ2n) is 6.03. The minimum Gasteiger partial charge on any atom is -0.516 e. The van der Waals surface area contributed by atoms with Gasteiger partial charge in [-0.3, -0.25) is 0 Å². The Labute approximate surface area is 127 Å². The van der Waals surface area contributed by atoms with E-state index in [-0.39, 0.29) is 0 Å². The molecule has 0 amide bonds. The Hall–Kier alpha value is -0.720. The standard InChI is InChI=1S/C19H36O/c1-3-4-5-6-7-8-9-10-11-12-13-16-19(2)17-14-15-18-20/h14-15,17-20H,3-13,16H2,1-2H3. The van der Waals surface area contributed by atoms with Crippen molar-refractivity contribution in [3.05, 3.63) is 24.5 Å². The third-order valence-corrected chi connectivity index (χ3v) is 3.90. The van der Waals surface area contributed by atoms with E-state index in [1.807, 2.05) is 6.08 Å². The highest BCUT2D eigenvalue weighted by Crippen LogP contribution is 2.14. The fourth-order valence-corrected chi connectivity index (χ4v) is 2.53. The molecule has 0 rings (SSSR count). The average molecular weight is 280 g/mol. The molecule has 0 fully saturated rings. The van der Waals surface area contributed by atoms with E-state index in [4.69, 9.17) is 5.11 Å². The zero-order valence-electron chi connectivity index (χ0n) is 13.8. The van der Waals surface area contributed by atoms with Crippen LogP contribution in [0, 0.1) is 5.92 Å². The first-order valence-electron chi connectivity index (χ1n) is 8.78. The highest BCUT2D eigenvalue weighted by atomic mass is 16.2. The van der Waals surface area contributed by atoms with Crippen molar-refractivity contribution in [2.45, 2.75) is 90.9 Å². The van der Waals surface area contributed by atoms with E-state index < -0.39 is 0 Å². The summed E-state index contributed by atoms with van der Waals surface area (Å²) in [5.41, 5.74) is 0. The zero-order valence-corrected chi connectivity index (χ0v) is 13.8. The van der Waals surface area contributed by atoms with Crippen molar-refractivity contribution in [1.29, 1.82) is 0 Å². The zero-order chi connectivity index (χ0) is 14.9. The number of unbranched alkanes of at least 4 members (excludes halogenated alkanes) is 10. The van der Waals surface area contributed by atoms with E-state index >= 15 is 0 Å². The Kier molecular flexibility index (Phi) is 15.7. The van der Waals surface area contributed by atoms with Crippen molar-refractivity contribution < 1.29 is 5.11 Å². The Bertz CT molecular complexity index is 230. The summed E-state index contributed by atoms with van der Waals surface area (Å²) in [6.45, 7) is 4.53. The third-order valence-electron chi connectivity index (χ3n) is 3.90. The molecule has 0 aliphatic heterocycles. The molecule has 0 saturated carbocycles. The number of hydrogen-bond donors (Lipinski definition) is 1. The number of aliphatic hydroxyl groups is 1. The van der Waals surface area contributed by atoms with E-state index in [9.17, 15) is 0 Å². The molecule has 0 aliphatic carbocycles. The lowest BCUT2D eigenvalue weighted by Crippen LogP contribution is -1.89. The van der Waals surface area contributed by atoms with Gasteiger partial charge in [0.05, 0.1) is 6.26 Å². The molecule has 0 aromatic heterocycles. The molecule has 1 N–H and O–H groups in total. The molecule has 0 radical (unpaired) electrons. The molecule has 0 spiro atoms. The van der Waals surface area contributed by atoms with Gasteiger partial charge < -0.3 is 5.11 Å². The lowest BCUT2D eigenvalue weighted by Gasteiger charge is -2.06. The lowest BCUT2D eigenvalue weighted by molar-refractivity contribution is 0.473. The molecule has 1 unspecified atom stereocenters. The maximum absolute atomic E-state index is 8.52. The summed E-state index contributed by atoms with van der Waals surface area (Å²) in [5.74, 6) is 0.629. The first-order chi connectivity index (χ1) is 9.81. The maximum Gasteiger partial charge on any atom is 0.0791 e. The van der Waals surface area contributed by atoms with E-state index in [1.165, 1.54) is 77.0 Å². The van der Waals surface area contributed by atoms with Crippen LogP contribution in [0.25, 0.3) is 0 Å². The van der Waals surface area contributed by atoms with Crippen molar-refractivity contribution in [3.8, 4) is 0 Å². The molecule has 1 atom stereocenters. The predicted molar refractivity (Wildman–Crippen MR) is 91.2 cm³/mol. The van der Waals surface area contributed by atoms with Crippen LogP contribution in [0.1, 0.15) is 90.9 Å². The molecule has 1 heteroatoms. The minimum atomic E-state index is 0.629. The minimum absolute atomic E-state index is 0.629. The SMILES string of the molecule is CCCCCCCCCCCCCC(C)C=CC=CO. The summed E-state index contributed by atoms with van der Waals surface area (Å²) in [7, 11) is 0. The van der Waals surface area contributed by atoms with Crippen LogP contribution in [-0.4, -0.2) is 5.11 Å². The van der Waals surface area contributed by atoms with Gasteiger partial charge in [-0.2, -0.15) is 0 Å². The molecule has 118 valence electrons. The second kappa shape index (κ2) is 16.3. The van der Waals surface area contributed by atoms with Gasteiger partial charge in [0.2, 0.25) is 0 Å². The maximum atomic E-state index is 8.52. The third kappa shape index (κ3) is 15.3. The van der Waals surface area contributed by atoms with Gasteiger partial charge in [0, 0.05) is 0 Å². The Morgan fingerprint density at radius 1 is 0.750 bits per heavy atom. The van der Waals surface area contributed by atoms with Gasteiger partial charge in [0.15, 0.2) is 0 Å². The van der Waals surface area contributed by atoms with Crippen LogP contribution in [0.15, 0.2) is 24.5 Å². The van der Waals surface area contributed by atoms with Gasteiger partial charge >= 0.3 is 0 Å². The molecule has 20 heavy (non-hydrogen) atoms. The summed E-state index contributed by atoms with van der Waals surface area (Å²) in [6, 6.07) is 0. The number of aliphatic hydroxyl groups excluding tert-OH is 1. The van der Waals surface area contributed by atoms with Crippen LogP contribution in [-0.2, 0) is 0 Å². The number of hydrogen-bond acceptors (Lipinski definition) is 1. The van der Waals surface area contributed by atoms with Crippen molar-refractivity contribution in [3.63, 3.8) is 0 Å². The summed E-state index contributed by atoms with van der Waals surface area (Å²) >= 11 is 0. The van der Waals surface area contributed by atoms with Crippen molar-refractivity contribution >= 4 is 0 Å². The predicted octanol–water partition coefficient (Wildman–Crippen LogP) is 6.95. The molecule has 0 aromatic rings. The van der Waals surface area contributed by atoms with Crippen LogP contribution in [0.5, 0.6) is 0 Å². The monoisotopic (exact) mass is 280 g/mol. The smallest absolute Gasteiger partial charge is 0.0791 e. The molecule has 0 aliphatic rings. The Morgan fingerprint density at radius 3 is 1.75 bits per heavy atom. The van der Waals surface area contributed by atoms with Gasteiger partial charge in [-0.15, -0.1) is 0 Å². The summed E-state index contributed by atoms with van der Waals surface area (Å²) in [5, 5.41) is 8.52.